The van der Waals surface area contributed by atoms with Crippen molar-refractivity contribution in [3.63, 3.8) is 0 Å². The zero-order chi connectivity index (χ0) is 17.2. The van der Waals surface area contributed by atoms with Crippen LogP contribution >= 0.6 is 0 Å². The van der Waals surface area contributed by atoms with Crippen LogP contribution in [-0.2, 0) is 14.6 Å². The summed E-state index contributed by atoms with van der Waals surface area (Å²) in [6.07, 6.45) is 4.49. The van der Waals surface area contributed by atoms with Gasteiger partial charge in [-0.1, -0.05) is 12.1 Å². The summed E-state index contributed by atoms with van der Waals surface area (Å²) in [7, 11) is -3.16. The Morgan fingerprint density at radius 2 is 1.79 bits per heavy atom. The zero-order valence-corrected chi connectivity index (χ0v) is 15.1. The molecule has 0 saturated carbocycles. The number of sulfone groups is 1. The Kier molecular flexibility index (Phi) is 5.11. The van der Waals surface area contributed by atoms with Gasteiger partial charge in [-0.2, -0.15) is 0 Å². The van der Waals surface area contributed by atoms with Crippen LogP contribution in [0.4, 0.5) is 0 Å². The number of hydrogen-bond acceptors (Lipinski definition) is 3. The fourth-order valence-electron chi connectivity index (χ4n) is 3.43. The maximum absolute atomic E-state index is 11.7. The molecule has 130 valence electrons. The van der Waals surface area contributed by atoms with Crippen molar-refractivity contribution in [1.29, 1.82) is 0 Å². The fraction of sp³-hybridized carbons (Fsp3) is 0.474. The van der Waals surface area contributed by atoms with Gasteiger partial charge >= 0.3 is 0 Å². The van der Waals surface area contributed by atoms with Crippen LogP contribution in [0.2, 0.25) is 0 Å². The van der Waals surface area contributed by atoms with Crippen LogP contribution in [0.25, 0.3) is 0 Å². The summed E-state index contributed by atoms with van der Waals surface area (Å²) in [5, 5.41) is 0. The number of aromatic nitrogens is 1. The third-order valence-corrected chi connectivity index (χ3v) is 5.98. The molecule has 5 heteroatoms. The van der Waals surface area contributed by atoms with Crippen molar-refractivity contribution < 1.29 is 13.2 Å². The van der Waals surface area contributed by atoms with Crippen molar-refractivity contribution in [3.8, 4) is 0 Å². The van der Waals surface area contributed by atoms with Gasteiger partial charge in [-0.05, 0) is 61.9 Å². The van der Waals surface area contributed by atoms with E-state index in [1.807, 2.05) is 12.1 Å². The second-order valence-electron chi connectivity index (χ2n) is 6.78. The van der Waals surface area contributed by atoms with Gasteiger partial charge in [0.2, 0.25) is 0 Å². The summed E-state index contributed by atoms with van der Waals surface area (Å²) in [5.41, 5.74) is 3.51. The molecule has 0 radical (unpaired) electrons. The first kappa shape index (κ1) is 17.2. The third-order valence-electron chi connectivity index (χ3n) is 4.85. The molecule has 4 nitrogen and oxygen atoms in total. The molecule has 0 amide bonds. The second kappa shape index (κ2) is 7.11. The monoisotopic (exact) mass is 347 g/mol. The molecule has 1 atom stereocenters. The Morgan fingerprint density at radius 3 is 2.33 bits per heavy atom. The van der Waals surface area contributed by atoms with Gasteiger partial charge < -0.3 is 9.72 Å². The summed E-state index contributed by atoms with van der Waals surface area (Å²) >= 11 is 0. The van der Waals surface area contributed by atoms with Gasteiger partial charge in [0.05, 0.1) is 4.90 Å². The Hall–Kier alpha value is -1.59. The Labute approximate surface area is 144 Å². The van der Waals surface area contributed by atoms with E-state index in [1.165, 1.54) is 11.9 Å². The molecule has 1 unspecified atom stereocenters. The van der Waals surface area contributed by atoms with E-state index in [0.29, 0.717) is 10.8 Å². The quantitative estimate of drug-likeness (QED) is 0.898. The molecule has 2 aromatic rings. The highest BCUT2D eigenvalue weighted by molar-refractivity contribution is 7.90. The van der Waals surface area contributed by atoms with Crippen molar-refractivity contribution in [2.75, 3.05) is 19.5 Å². The van der Waals surface area contributed by atoms with Gasteiger partial charge in [0, 0.05) is 36.8 Å². The number of rotatable bonds is 5. The van der Waals surface area contributed by atoms with E-state index < -0.39 is 9.84 Å². The van der Waals surface area contributed by atoms with Gasteiger partial charge in [0.25, 0.3) is 0 Å². The largest absolute Gasteiger partial charge is 0.381 e. The van der Waals surface area contributed by atoms with Crippen LogP contribution < -0.4 is 0 Å². The molecule has 1 aliphatic rings. The van der Waals surface area contributed by atoms with E-state index in [1.54, 1.807) is 12.1 Å². The molecule has 1 saturated heterocycles. The summed E-state index contributed by atoms with van der Waals surface area (Å²) in [4.78, 5) is 3.83. The Morgan fingerprint density at radius 1 is 1.12 bits per heavy atom. The average Bonchev–Trinajstić information content (AvgIpc) is 2.99. The van der Waals surface area contributed by atoms with E-state index in [0.717, 1.165) is 43.7 Å². The molecule has 1 aromatic heterocycles. The van der Waals surface area contributed by atoms with Gasteiger partial charge in [-0.15, -0.1) is 0 Å². The first-order chi connectivity index (χ1) is 11.4. The van der Waals surface area contributed by atoms with Crippen molar-refractivity contribution in [3.05, 3.63) is 53.3 Å². The van der Waals surface area contributed by atoms with Crippen molar-refractivity contribution in [2.45, 2.75) is 37.0 Å². The van der Waals surface area contributed by atoms with Gasteiger partial charge in [0.15, 0.2) is 9.84 Å². The first-order valence-electron chi connectivity index (χ1n) is 8.47. The minimum atomic E-state index is -3.16. The molecular formula is C19H25NO3S. The lowest BCUT2D eigenvalue weighted by molar-refractivity contribution is 0.0626. The van der Waals surface area contributed by atoms with Crippen LogP contribution in [0.1, 0.15) is 42.1 Å². The molecule has 1 fully saturated rings. The van der Waals surface area contributed by atoms with Crippen molar-refractivity contribution in [2.24, 2.45) is 5.92 Å². The zero-order valence-electron chi connectivity index (χ0n) is 14.3. The number of nitrogens with one attached hydrogen (secondary N) is 1. The van der Waals surface area contributed by atoms with Crippen LogP contribution in [0, 0.1) is 12.8 Å². The topological polar surface area (TPSA) is 59.2 Å². The number of ether oxygens (including phenoxy) is 1. The molecule has 0 spiro atoms. The molecule has 1 aromatic carbocycles. The number of H-pyrrole nitrogens is 1. The van der Waals surface area contributed by atoms with E-state index >= 15 is 0 Å². The van der Waals surface area contributed by atoms with Gasteiger partial charge in [-0.25, -0.2) is 8.42 Å². The Balaban J connectivity index is 1.88. The highest BCUT2D eigenvalue weighted by atomic mass is 32.2. The average molecular weight is 347 g/mol. The minimum Gasteiger partial charge on any atom is -0.381 e. The molecule has 1 aliphatic heterocycles. The predicted octanol–water partition coefficient (Wildman–Crippen LogP) is 3.68. The number of benzene rings is 1. The van der Waals surface area contributed by atoms with E-state index in [-0.39, 0.29) is 5.92 Å². The molecule has 0 aliphatic carbocycles. The van der Waals surface area contributed by atoms with E-state index in [9.17, 15) is 8.42 Å². The van der Waals surface area contributed by atoms with E-state index in [4.69, 9.17) is 4.74 Å². The van der Waals surface area contributed by atoms with Crippen molar-refractivity contribution >= 4 is 9.84 Å². The second-order valence-corrected chi connectivity index (χ2v) is 8.80. The maximum Gasteiger partial charge on any atom is 0.175 e. The van der Waals surface area contributed by atoms with Crippen LogP contribution in [0.3, 0.4) is 0 Å². The van der Waals surface area contributed by atoms with Crippen LogP contribution in [0.5, 0.6) is 0 Å². The maximum atomic E-state index is 11.7. The molecule has 3 rings (SSSR count). The standard InChI is InChI=1S/C19H25NO3S/c1-14-3-8-19(20-14)18(13-15-9-11-23-12-10-15)16-4-6-17(7-5-16)24(2,21)22/h3-8,15,18,20H,9-13H2,1-2H3. The SMILES string of the molecule is Cc1ccc(C(CC2CCOCC2)c2ccc(S(C)(=O)=O)cc2)[nH]1. The molecular weight excluding hydrogens is 322 g/mol. The highest BCUT2D eigenvalue weighted by Gasteiger charge is 2.23. The lowest BCUT2D eigenvalue weighted by atomic mass is 9.83. The smallest absolute Gasteiger partial charge is 0.175 e. The third kappa shape index (κ3) is 4.08. The Bertz CT molecular complexity index is 771. The van der Waals surface area contributed by atoms with Gasteiger partial charge in [-0.3, -0.25) is 0 Å². The number of aryl methyl sites for hydroxylation is 1. The molecule has 0 bridgehead atoms. The molecule has 2 heterocycles. The summed E-state index contributed by atoms with van der Waals surface area (Å²) in [6, 6.07) is 11.6. The van der Waals surface area contributed by atoms with Crippen molar-refractivity contribution in [1.82, 2.24) is 4.98 Å². The summed E-state index contributed by atoms with van der Waals surface area (Å²) in [6.45, 7) is 3.74. The molecule has 1 N–H and O–H groups in total. The minimum absolute atomic E-state index is 0.260. The molecule has 24 heavy (non-hydrogen) atoms. The predicted molar refractivity (Wildman–Crippen MR) is 95.1 cm³/mol. The highest BCUT2D eigenvalue weighted by Crippen LogP contribution is 2.34. The van der Waals surface area contributed by atoms with Gasteiger partial charge in [0.1, 0.15) is 0 Å². The lowest BCUT2D eigenvalue weighted by Gasteiger charge is -2.26. The first-order valence-corrected chi connectivity index (χ1v) is 10.4. The van der Waals surface area contributed by atoms with Crippen LogP contribution in [0.15, 0.2) is 41.3 Å². The van der Waals surface area contributed by atoms with Crippen LogP contribution in [-0.4, -0.2) is 32.9 Å². The normalized spacial score (nSPS) is 17.8. The van der Waals surface area contributed by atoms with E-state index in [2.05, 4.69) is 24.0 Å². The number of aromatic amines is 1. The summed E-state index contributed by atoms with van der Waals surface area (Å²) in [5.74, 6) is 0.900. The lowest BCUT2D eigenvalue weighted by Crippen LogP contribution is -2.18. The summed E-state index contributed by atoms with van der Waals surface area (Å²) < 4.78 is 28.8. The fourth-order valence-corrected chi connectivity index (χ4v) is 4.06. The number of hydrogen-bond donors (Lipinski definition) is 1.